The summed E-state index contributed by atoms with van der Waals surface area (Å²) in [4.78, 5) is 25.5. The van der Waals surface area contributed by atoms with Crippen LogP contribution in [0.5, 0.6) is 5.75 Å². The molecule has 4 aromatic rings. The first-order valence-electron chi connectivity index (χ1n) is 10.9. The lowest BCUT2D eigenvalue weighted by Gasteiger charge is -2.16. The van der Waals surface area contributed by atoms with Crippen molar-refractivity contribution < 1.29 is 37.0 Å². The van der Waals surface area contributed by atoms with Gasteiger partial charge in [-0.15, -0.1) is 13.2 Å². The lowest BCUT2D eigenvalue weighted by atomic mass is 10.0. The largest absolute Gasteiger partial charge is 0.573 e. The quantitative estimate of drug-likeness (QED) is 0.320. The second-order valence-corrected chi connectivity index (χ2v) is 8.23. The highest BCUT2D eigenvalue weighted by atomic mass is 19.4. The fourth-order valence-electron chi connectivity index (χ4n) is 4.24. The van der Waals surface area contributed by atoms with E-state index in [0.29, 0.717) is 22.4 Å². The highest BCUT2D eigenvalue weighted by Gasteiger charge is 2.32. The number of rotatable bonds is 6. The molecule has 0 unspecified atom stereocenters. The number of carboxylic acids is 1. The molecule has 1 N–H and O–H groups in total. The van der Waals surface area contributed by atoms with Gasteiger partial charge in [0.05, 0.1) is 19.2 Å². The first kappa shape index (κ1) is 23.2. The molecule has 0 atom stereocenters. The van der Waals surface area contributed by atoms with Crippen molar-refractivity contribution in [3.8, 4) is 5.75 Å². The smallest absolute Gasteiger partial charge is 0.481 e. The number of aliphatic carboxylic acids is 1. The van der Waals surface area contributed by atoms with E-state index in [-0.39, 0.29) is 24.6 Å². The summed E-state index contributed by atoms with van der Waals surface area (Å²) in [5.41, 5.74) is 4.62. The van der Waals surface area contributed by atoms with Crippen molar-refractivity contribution in [1.29, 1.82) is 0 Å². The van der Waals surface area contributed by atoms with Crippen molar-refractivity contribution >= 4 is 40.7 Å². The van der Waals surface area contributed by atoms with Gasteiger partial charge in [-0.1, -0.05) is 36.4 Å². The van der Waals surface area contributed by atoms with Crippen LogP contribution in [0.25, 0.3) is 23.1 Å². The second kappa shape index (κ2) is 8.92. The van der Waals surface area contributed by atoms with Gasteiger partial charge < -0.3 is 19.2 Å². The molecule has 3 aromatic carbocycles. The molecule has 0 fully saturated rings. The number of carbonyl (C=O) groups is 2. The first-order chi connectivity index (χ1) is 17.2. The molecule has 0 bridgehead atoms. The highest BCUT2D eigenvalue weighted by molar-refractivity contribution is 6.10. The van der Waals surface area contributed by atoms with Gasteiger partial charge >= 0.3 is 12.3 Å². The number of carboxylic acid groups (broad SMARTS) is 1. The zero-order valence-corrected chi connectivity index (χ0v) is 18.6. The Morgan fingerprint density at radius 1 is 1.08 bits per heavy atom. The van der Waals surface area contributed by atoms with Gasteiger partial charge in [-0.25, -0.2) is 0 Å². The molecule has 0 saturated carbocycles. The number of nitrogens with zero attached hydrogens (tertiary/aromatic N) is 1. The summed E-state index contributed by atoms with van der Waals surface area (Å²) in [6.07, 6.45) is 0.271. The van der Waals surface area contributed by atoms with Crippen molar-refractivity contribution in [3.63, 3.8) is 0 Å². The van der Waals surface area contributed by atoms with Crippen LogP contribution in [0.3, 0.4) is 0 Å². The fourth-order valence-corrected chi connectivity index (χ4v) is 4.24. The van der Waals surface area contributed by atoms with E-state index in [2.05, 4.69) is 4.74 Å². The Morgan fingerprint density at radius 2 is 1.86 bits per heavy atom. The number of fused-ring (bicyclic) bond motifs is 2. The monoisotopic (exact) mass is 493 g/mol. The Hall–Kier alpha value is -4.53. The lowest BCUT2D eigenvalue weighted by molar-refractivity contribution is -0.274. The van der Waals surface area contributed by atoms with Crippen LogP contribution in [-0.4, -0.2) is 23.3 Å². The Morgan fingerprint density at radius 3 is 2.58 bits per heavy atom. The number of hydrogen-bond donors (Lipinski definition) is 1. The normalized spacial score (nSPS) is 13.5. The van der Waals surface area contributed by atoms with Gasteiger partial charge in [0.25, 0.3) is 5.91 Å². The zero-order chi connectivity index (χ0) is 25.4. The van der Waals surface area contributed by atoms with Gasteiger partial charge in [0, 0.05) is 22.2 Å². The Bertz CT molecular complexity index is 1500. The van der Waals surface area contributed by atoms with E-state index < -0.39 is 12.3 Å². The number of halogens is 3. The van der Waals surface area contributed by atoms with Gasteiger partial charge in [0.15, 0.2) is 0 Å². The number of carbonyl (C=O) groups excluding carboxylic acids is 1. The third-order valence-electron chi connectivity index (χ3n) is 5.86. The second-order valence-electron chi connectivity index (χ2n) is 8.23. The number of anilines is 1. The number of furan rings is 1. The average Bonchev–Trinajstić information content (AvgIpc) is 3.38. The molecular formula is C27H18F3NO5. The zero-order valence-electron chi connectivity index (χ0n) is 18.6. The van der Waals surface area contributed by atoms with Gasteiger partial charge in [-0.3, -0.25) is 9.59 Å². The molecule has 0 aliphatic carbocycles. The van der Waals surface area contributed by atoms with E-state index in [4.69, 9.17) is 9.52 Å². The molecule has 182 valence electrons. The predicted octanol–water partition coefficient (Wildman–Crippen LogP) is 6.29. The van der Waals surface area contributed by atoms with Crippen LogP contribution in [0, 0.1) is 0 Å². The Labute approximate surface area is 202 Å². The van der Waals surface area contributed by atoms with Crippen LogP contribution >= 0.6 is 0 Å². The fraction of sp³-hybridized carbons (Fsp3) is 0.111. The summed E-state index contributed by atoms with van der Waals surface area (Å²) in [6.45, 7) is 0.268. The van der Waals surface area contributed by atoms with Gasteiger partial charge in [0.2, 0.25) is 0 Å². The molecule has 0 saturated heterocycles. The highest BCUT2D eigenvalue weighted by Crippen LogP contribution is 2.33. The standard InChI is InChI=1S/C27H18F3NO5/c28-27(29,30)36-20-9-7-19(8-10-20)31-14-23-17(2-1-3-22(23)26(31)34)6-4-16-5-11-21-18(13-25(32)33)15-35-24(21)12-16/h1-12,15H,13-14H2,(H,32,33)/b6-4+. The molecule has 0 radical (unpaired) electrons. The van der Waals surface area contributed by atoms with Gasteiger partial charge in [0.1, 0.15) is 11.3 Å². The summed E-state index contributed by atoms with van der Waals surface area (Å²) in [7, 11) is 0. The van der Waals surface area contributed by atoms with Crippen LogP contribution in [0.4, 0.5) is 18.9 Å². The molecule has 1 amide bonds. The number of amides is 1. The van der Waals surface area contributed by atoms with E-state index >= 15 is 0 Å². The summed E-state index contributed by atoms with van der Waals surface area (Å²) in [5, 5.41) is 9.76. The Kier molecular flexibility index (Phi) is 5.75. The molecule has 6 nitrogen and oxygen atoms in total. The molecule has 2 heterocycles. The predicted molar refractivity (Wildman–Crippen MR) is 127 cm³/mol. The summed E-state index contributed by atoms with van der Waals surface area (Å²) in [5.74, 6) is -1.54. The Balaban J connectivity index is 1.37. The van der Waals surface area contributed by atoms with E-state index in [1.54, 1.807) is 12.1 Å². The molecule has 1 aromatic heterocycles. The van der Waals surface area contributed by atoms with Gasteiger partial charge in [-0.2, -0.15) is 0 Å². The third-order valence-corrected chi connectivity index (χ3v) is 5.86. The van der Waals surface area contributed by atoms with E-state index in [1.165, 1.54) is 35.4 Å². The average molecular weight is 493 g/mol. The van der Waals surface area contributed by atoms with Crippen LogP contribution in [-0.2, 0) is 17.8 Å². The topological polar surface area (TPSA) is 80.0 Å². The van der Waals surface area contributed by atoms with E-state index in [9.17, 15) is 22.8 Å². The van der Waals surface area contributed by atoms with Crippen LogP contribution in [0.15, 0.2) is 71.3 Å². The third kappa shape index (κ3) is 4.68. The minimum absolute atomic E-state index is 0.124. The van der Waals surface area contributed by atoms with Crippen molar-refractivity contribution in [2.45, 2.75) is 19.3 Å². The maximum absolute atomic E-state index is 13.0. The summed E-state index contributed by atoms with van der Waals surface area (Å²) >= 11 is 0. The van der Waals surface area contributed by atoms with E-state index in [0.717, 1.165) is 22.1 Å². The van der Waals surface area contributed by atoms with Crippen molar-refractivity contribution in [2.24, 2.45) is 0 Å². The molecular weight excluding hydrogens is 475 g/mol. The van der Waals surface area contributed by atoms with Crippen molar-refractivity contribution in [3.05, 3.63) is 94.7 Å². The maximum Gasteiger partial charge on any atom is 0.573 e. The van der Waals surface area contributed by atoms with Gasteiger partial charge in [-0.05, 0) is 53.1 Å². The minimum Gasteiger partial charge on any atom is -0.481 e. The minimum atomic E-state index is -4.79. The molecule has 1 aliphatic heterocycles. The first-order valence-corrected chi connectivity index (χ1v) is 10.9. The summed E-state index contributed by atoms with van der Waals surface area (Å²) < 4.78 is 46.7. The number of ether oxygens (including phenoxy) is 1. The molecule has 0 spiro atoms. The van der Waals surface area contributed by atoms with Crippen molar-refractivity contribution in [2.75, 3.05) is 4.90 Å². The number of hydrogen-bond acceptors (Lipinski definition) is 4. The molecule has 5 rings (SSSR count). The summed E-state index contributed by atoms with van der Waals surface area (Å²) in [6, 6.07) is 16.0. The van der Waals surface area contributed by atoms with Crippen LogP contribution < -0.4 is 9.64 Å². The van der Waals surface area contributed by atoms with Crippen molar-refractivity contribution in [1.82, 2.24) is 0 Å². The maximum atomic E-state index is 13.0. The molecule has 36 heavy (non-hydrogen) atoms. The SMILES string of the molecule is O=C(O)Cc1coc2cc(/C=C/c3cccc4c3CN(c3ccc(OC(F)(F)F)cc3)C4=O)ccc12. The van der Waals surface area contributed by atoms with Crippen LogP contribution in [0.1, 0.15) is 32.6 Å². The van der Waals surface area contributed by atoms with Crippen LogP contribution in [0.2, 0.25) is 0 Å². The number of benzene rings is 3. The molecule has 1 aliphatic rings. The number of alkyl halides is 3. The molecule has 9 heteroatoms. The van der Waals surface area contributed by atoms with E-state index in [1.807, 2.05) is 36.4 Å². The lowest BCUT2D eigenvalue weighted by Crippen LogP contribution is -2.23.